The highest BCUT2D eigenvalue weighted by Crippen LogP contribution is 2.45. The van der Waals surface area contributed by atoms with Gasteiger partial charge in [-0.1, -0.05) is 50.0 Å². The van der Waals surface area contributed by atoms with Crippen LogP contribution in [0.4, 0.5) is 5.95 Å². The fraction of sp³-hybridized carbons (Fsp3) is 0.452. The summed E-state index contributed by atoms with van der Waals surface area (Å²) in [5.74, 6) is 0.798. The number of methoxy groups -OCH3 is 2. The normalized spacial score (nSPS) is 14.4. The number of halogens is 2. The lowest BCUT2D eigenvalue weighted by molar-refractivity contribution is -0.128. The fourth-order valence-electron chi connectivity index (χ4n) is 5.16. The summed E-state index contributed by atoms with van der Waals surface area (Å²) in [5, 5.41) is 13.5. The molecule has 13 heteroatoms. The van der Waals surface area contributed by atoms with Crippen LogP contribution in [0.3, 0.4) is 0 Å². The number of carbonyl (C=O) groups is 1. The second kappa shape index (κ2) is 13.8. The number of rotatable bonds is 9. The Bertz CT molecular complexity index is 1660. The minimum Gasteiger partial charge on any atom is -0.495 e. The molecule has 0 unspecified atom stereocenters. The van der Waals surface area contributed by atoms with Gasteiger partial charge in [0.1, 0.15) is 28.8 Å². The lowest BCUT2D eigenvalue weighted by Crippen LogP contribution is -2.49. The van der Waals surface area contributed by atoms with Crippen LogP contribution in [0.5, 0.6) is 11.5 Å². The minimum absolute atomic E-state index is 0.175. The van der Waals surface area contributed by atoms with Gasteiger partial charge in [-0.15, -0.1) is 0 Å². The van der Waals surface area contributed by atoms with Gasteiger partial charge in [-0.3, -0.25) is 19.1 Å². The van der Waals surface area contributed by atoms with E-state index in [-0.39, 0.29) is 38.1 Å². The monoisotopic (exact) mass is 641 g/mol. The molecular formula is C31H37Cl2N7O4. The van der Waals surface area contributed by atoms with Crippen LogP contribution >= 0.6 is 23.2 Å². The van der Waals surface area contributed by atoms with Crippen LogP contribution in [-0.2, 0) is 11.3 Å². The lowest BCUT2D eigenvalue weighted by Gasteiger charge is -2.34. The van der Waals surface area contributed by atoms with Crippen LogP contribution in [0.1, 0.15) is 27.2 Å². The van der Waals surface area contributed by atoms with Crippen molar-refractivity contribution >= 4 is 46.1 Å². The van der Waals surface area contributed by atoms with E-state index in [4.69, 9.17) is 32.7 Å². The first kappa shape index (κ1) is 33.1. The third-order valence-electron chi connectivity index (χ3n) is 7.34. The molecule has 3 heterocycles. The number of aryl methyl sites for hydroxylation is 1. The van der Waals surface area contributed by atoms with Gasteiger partial charge in [-0.05, 0) is 24.4 Å². The molecule has 3 aromatic rings. The zero-order chi connectivity index (χ0) is 32.2. The number of nitrogens with zero attached hydrogens (tertiary/aromatic N) is 6. The summed E-state index contributed by atoms with van der Waals surface area (Å²) in [4.78, 5) is 39.9. The standard InChI is InChI=1S/C31H37Cl2N7O4/c1-31(2,3)16-20(17-34)28(41)39-12-10-38(11-13-39)8-7-9-40-27-19(18-36-30(35-4)37-27)14-21(29(40)42)24-25(32)22(43-5)15-23(44-6)26(24)33/h14-16,18H,7-13H2,1-6H3,(H,35,36,37)/b20-16+. The number of anilines is 1. The molecule has 0 radical (unpaired) electrons. The minimum atomic E-state index is -0.317. The first-order chi connectivity index (χ1) is 20.9. The maximum Gasteiger partial charge on any atom is 0.264 e. The van der Waals surface area contributed by atoms with Crippen molar-refractivity contribution < 1.29 is 14.3 Å². The number of hydrogen-bond donors (Lipinski definition) is 1. The summed E-state index contributed by atoms with van der Waals surface area (Å²) in [7, 11) is 4.67. The van der Waals surface area contributed by atoms with E-state index in [2.05, 4.69) is 26.3 Å². The second-order valence-electron chi connectivity index (χ2n) is 11.5. The van der Waals surface area contributed by atoms with Gasteiger partial charge in [-0.2, -0.15) is 10.2 Å². The molecule has 2 aromatic heterocycles. The van der Waals surface area contributed by atoms with Gasteiger partial charge in [0, 0.05) is 63.0 Å². The third-order valence-corrected chi connectivity index (χ3v) is 8.09. The summed E-state index contributed by atoms with van der Waals surface area (Å²) in [5.41, 5.74) is 0.646. The lowest BCUT2D eigenvalue weighted by atomic mass is 9.93. The number of aromatic nitrogens is 3. The van der Waals surface area contributed by atoms with E-state index in [1.165, 1.54) is 14.2 Å². The molecule has 1 saturated heterocycles. The molecule has 1 fully saturated rings. The Kier molecular flexibility index (Phi) is 10.4. The summed E-state index contributed by atoms with van der Waals surface area (Å²) in [6.45, 7) is 9.31. The van der Waals surface area contributed by atoms with Crippen molar-refractivity contribution in [2.45, 2.75) is 33.7 Å². The highest BCUT2D eigenvalue weighted by molar-refractivity contribution is 6.41. The Labute approximate surface area is 267 Å². The van der Waals surface area contributed by atoms with Crippen LogP contribution in [0, 0.1) is 16.7 Å². The molecule has 4 rings (SSSR count). The molecule has 0 aliphatic carbocycles. The van der Waals surface area contributed by atoms with Gasteiger partial charge in [0.05, 0.1) is 29.8 Å². The van der Waals surface area contributed by atoms with Crippen LogP contribution in [0.15, 0.2) is 34.8 Å². The molecule has 0 bridgehead atoms. The molecular weight excluding hydrogens is 605 g/mol. The van der Waals surface area contributed by atoms with E-state index >= 15 is 0 Å². The van der Waals surface area contributed by atoms with E-state index in [1.54, 1.807) is 40.9 Å². The predicted molar refractivity (Wildman–Crippen MR) is 173 cm³/mol. The number of ether oxygens (including phenoxy) is 2. The summed E-state index contributed by atoms with van der Waals surface area (Å²) in [6, 6.07) is 5.32. The van der Waals surface area contributed by atoms with E-state index < -0.39 is 0 Å². The number of allylic oxidation sites excluding steroid dienone is 1. The molecule has 0 saturated carbocycles. The van der Waals surface area contributed by atoms with E-state index in [0.29, 0.717) is 79.7 Å². The smallest absolute Gasteiger partial charge is 0.264 e. The molecule has 1 amide bonds. The number of amides is 1. The number of benzene rings is 1. The molecule has 1 aromatic carbocycles. The quantitative estimate of drug-likeness (QED) is 0.258. The SMILES string of the molecule is CNc1ncc2cc(-c3c(Cl)c(OC)cc(OC)c3Cl)c(=O)n(CCCN3CCN(C(=O)/C(C#N)=C/C(C)(C)C)CC3)c2n1. The Morgan fingerprint density at radius 1 is 1.09 bits per heavy atom. The highest BCUT2D eigenvalue weighted by atomic mass is 35.5. The van der Waals surface area contributed by atoms with E-state index in [9.17, 15) is 14.9 Å². The Balaban J connectivity index is 1.59. The molecule has 11 nitrogen and oxygen atoms in total. The highest BCUT2D eigenvalue weighted by Gasteiger charge is 2.26. The predicted octanol–water partition coefficient (Wildman–Crippen LogP) is 4.85. The molecule has 0 spiro atoms. The maximum atomic E-state index is 14.1. The number of carbonyl (C=O) groups excluding carboxylic acids is 1. The number of pyridine rings is 1. The Morgan fingerprint density at radius 3 is 2.27 bits per heavy atom. The van der Waals surface area contributed by atoms with Crippen LogP contribution in [0.2, 0.25) is 10.0 Å². The fourth-order valence-corrected chi connectivity index (χ4v) is 5.86. The second-order valence-corrected chi connectivity index (χ2v) is 12.3. The van der Waals surface area contributed by atoms with Gasteiger partial charge >= 0.3 is 0 Å². The van der Waals surface area contributed by atoms with Crippen molar-refractivity contribution in [2.75, 3.05) is 59.3 Å². The van der Waals surface area contributed by atoms with Crippen molar-refractivity contribution in [1.82, 2.24) is 24.3 Å². The number of fused-ring (bicyclic) bond motifs is 1. The Hall–Kier alpha value is -3.85. The molecule has 1 N–H and O–H groups in total. The van der Waals surface area contributed by atoms with Gasteiger partial charge in [0.2, 0.25) is 5.95 Å². The molecule has 44 heavy (non-hydrogen) atoms. The van der Waals surface area contributed by atoms with Gasteiger partial charge in [0.25, 0.3) is 11.5 Å². The zero-order valence-electron chi connectivity index (χ0n) is 25.8. The number of nitrogens with one attached hydrogen (secondary N) is 1. The van der Waals surface area contributed by atoms with Crippen molar-refractivity contribution in [3.8, 4) is 28.7 Å². The van der Waals surface area contributed by atoms with E-state index in [0.717, 1.165) is 0 Å². The van der Waals surface area contributed by atoms with Gasteiger partial charge in [-0.25, -0.2) is 4.98 Å². The van der Waals surface area contributed by atoms with Crippen molar-refractivity contribution in [1.29, 1.82) is 5.26 Å². The molecule has 234 valence electrons. The topological polar surface area (TPSA) is 126 Å². The van der Waals surface area contributed by atoms with E-state index in [1.807, 2.05) is 20.8 Å². The summed E-state index contributed by atoms with van der Waals surface area (Å²) in [6.07, 6.45) is 4.01. The number of piperazine rings is 1. The molecule has 0 atom stereocenters. The Morgan fingerprint density at radius 2 is 1.73 bits per heavy atom. The van der Waals surface area contributed by atoms with Gasteiger partial charge in [0.15, 0.2) is 0 Å². The average Bonchev–Trinajstić information content (AvgIpc) is 3.00. The molecule has 1 aliphatic rings. The van der Waals surface area contributed by atoms with Crippen LogP contribution < -0.4 is 20.3 Å². The third kappa shape index (κ3) is 7.09. The van der Waals surface area contributed by atoms with Crippen molar-refractivity contribution in [3.63, 3.8) is 0 Å². The number of nitriles is 1. The summed E-state index contributed by atoms with van der Waals surface area (Å²) < 4.78 is 12.5. The first-order valence-corrected chi connectivity index (χ1v) is 15.0. The largest absolute Gasteiger partial charge is 0.495 e. The molecule has 1 aliphatic heterocycles. The zero-order valence-corrected chi connectivity index (χ0v) is 27.3. The van der Waals surface area contributed by atoms with Gasteiger partial charge < -0.3 is 19.7 Å². The average molecular weight is 643 g/mol. The first-order valence-electron chi connectivity index (χ1n) is 14.3. The number of hydrogen-bond acceptors (Lipinski definition) is 9. The summed E-state index contributed by atoms with van der Waals surface area (Å²) >= 11 is 13.4. The van der Waals surface area contributed by atoms with Crippen LogP contribution in [-0.4, -0.2) is 84.2 Å². The van der Waals surface area contributed by atoms with Crippen molar-refractivity contribution in [2.24, 2.45) is 5.41 Å². The van der Waals surface area contributed by atoms with Crippen molar-refractivity contribution in [3.05, 3.63) is 50.4 Å². The van der Waals surface area contributed by atoms with Crippen LogP contribution in [0.25, 0.3) is 22.2 Å². The maximum absolute atomic E-state index is 14.1.